The second-order valence-corrected chi connectivity index (χ2v) is 9.11. The van der Waals surface area contributed by atoms with Crippen molar-refractivity contribution >= 4 is 10.1 Å². The van der Waals surface area contributed by atoms with Crippen molar-refractivity contribution in [2.24, 2.45) is 0 Å². The van der Waals surface area contributed by atoms with Gasteiger partial charge in [0.1, 0.15) is 5.25 Å². The van der Waals surface area contributed by atoms with Crippen molar-refractivity contribution in [3.05, 3.63) is 0 Å². The fourth-order valence-electron chi connectivity index (χ4n) is 3.25. The molecule has 2 N–H and O–H groups in total. The summed E-state index contributed by atoms with van der Waals surface area (Å²) < 4.78 is 30.8. The summed E-state index contributed by atoms with van der Waals surface area (Å²) in [5.74, 6) is 0. The standard InChI is InChI=1S/C20H42O4S/c1-2-3-4-5-6-7-8-9-10-11-12-13-14-15-16-17-18-20(19-21)25(22,23)24/h20-21H,2-19H2,1H3,(H,22,23,24). The van der Waals surface area contributed by atoms with Gasteiger partial charge in [0.15, 0.2) is 0 Å². The van der Waals surface area contributed by atoms with Gasteiger partial charge in [0.2, 0.25) is 0 Å². The molecule has 0 aliphatic carbocycles. The van der Waals surface area contributed by atoms with Crippen LogP contribution in [0, 0.1) is 0 Å². The average Bonchev–Trinajstić information content (AvgIpc) is 2.56. The predicted octanol–water partition coefficient (Wildman–Crippen LogP) is 5.89. The molecule has 4 nitrogen and oxygen atoms in total. The Morgan fingerprint density at radius 2 is 0.960 bits per heavy atom. The van der Waals surface area contributed by atoms with Gasteiger partial charge in [0.05, 0.1) is 6.61 Å². The highest BCUT2D eigenvalue weighted by atomic mass is 32.2. The molecule has 0 rings (SSSR count). The van der Waals surface area contributed by atoms with Gasteiger partial charge in [-0.2, -0.15) is 8.42 Å². The van der Waals surface area contributed by atoms with E-state index in [1.807, 2.05) is 0 Å². The van der Waals surface area contributed by atoms with Crippen LogP contribution in [0.5, 0.6) is 0 Å². The second-order valence-electron chi connectivity index (χ2n) is 7.41. The summed E-state index contributed by atoms with van der Waals surface area (Å²) >= 11 is 0. The average molecular weight is 379 g/mol. The van der Waals surface area contributed by atoms with E-state index in [1.54, 1.807) is 0 Å². The van der Waals surface area contributed by atoms with E-state index in [1.165, 1.54) is 83.5 Å². The minimum Gasteiger partial charge on any atom is -0.395 e. The first-order valence-corrected chi connectivity index (χ1v) is 12.1. The van der Waals surface area contributed by atoms with Crippen LogP contribution in [0.15, 0.2) is 0 Å². The maximum atomic E-state index is 10.9. The van der Waals surface area contributed by atoms with Crippen molar-refractivity contribution in [1.29, 1.82) is 0 Å². The molecule has 0 amide bonds. The lowest BCUT2D eigenvalue weighted by Crippen LogP contribution is -2.24. The highest BCUT2D eigenvalue weighted by molar-refractivity contribution is 7.86. The second kappa shape index (κ2) is 17.3. The molecule has 25 heavy (non-hydrogen) atoms. The van der Waals surface area contributed by atoms with Gasteiger partial charge in [-0.25, -0.2) is 0 Å². The Hall–Kier alpha value is -0.130. The van der Waals surface area contributed by atoms with Crippen molar-refractivity contribution in [2.75, 3.05) is 6.61 Å². The van der Waals surface area contributed by atoms with Crippen molar-refractivity contribution in [3.8, 4) is 0 Å². The molecule has 0 aromatic carbocycles. The molecule has 0 bridgehead atoms. The quantitative estimate of drug-likeness (QED) is 0.217. The molecule has 0 saturated carbocycles. The smallest absolute Gasteiger partial charge is 0.270 e. The van der Waals surface area contributed by atoms with Gasteiger partial charge < -0.3 is 5.11 Å². The van der Waals surface area contributed by atoms with Crippen molar-refractivity contribution in [2.45, 2.75) is 121 Å². The summed E-state index contributed by atoms with van der Waals surface area (Å²) in [6.07, 6.45) is 20.8. The lowest BCUT2D eigenvalue weighted by Gasteiger charge is -2.10. The van der Waals surface area contributed by atoms with Crippen LogP contribution >= 0.6 is 0 Å². The highest BCUT2D eigenvalue weighted by Gasteiger charge is 2.20. The molecule has 0 aliphatic heterocycles. The first-order valence-electron chi connectivity index (χ1n) is 10.6. The lowest BCUT2D eigenvalue weighted by molar-refractivity contribution is 0.276. The molecule has 152 valence electrons. The lowest BCUT2D eigenvalue weighted by atomic mass is 10.0. The normalized spacial score (nSPS) is 13.2. The third-order valence-corrected chi connectivity index (χ3v) is 6.23. The molecule has 5 heteroatoms. The van der Waals surface area contributed by atoms with Crippen LogP contribution in [0.1, 0.15) is 116 Å². The molecule has 0 spiro atoms. The zero-order valence-electron chi connectivity index (χ0n) is 16.4. The number of aliphatic hydroxyl groups is 1. The Balaban J connectivity index is 3.21. The first kappa shape index (κ1) is 24.9. The Kier molecular flexibility index (Phi) is 17.2. The topological polar surface area (TPSA) is 74.6 Å². The summed E-state index contributed by atoms with van der Waals surface area (Å²) in [6, 6.07) is 0. The Bertz CT molecular complexity index is 368. The van der Waals surface area contributed by atoms with Crippen LogP contribution in [-0.2, 0) is 10.1 Å². The van der Waals surface area contributed by atoms with Crippen LogP contribution in [-0.4, -0.2) is 29.9 Å². The van der Waals surface area contributed by atoms with Gasteiger partial charge in [-0.05, 0) is 6.42 Å². The predicted molar refractivity (Wildman–Crippen MR) is 107 cm³/mol. The third kappa shape index (κ3) is 17.1. The SMILES string of the molecule is CCCCCCCCCCCCCCCCCCC(CO)S(=O)(=O)O. The number of aliphatic hydroxyl groups excluding tert-OH is 1. The van der Waals surface area contributed by atoms with Crippen LogP contribution in [0.2, 0.25) is 0 Å². The van der Waals surface area contributed by atoms with Crippen LogP contribution < -0.4 is 0 Å². The van der Waals surface area contributed by atoms with Gasteiger partial charge in [-0.15, -0.1) is 0 Å². The molecule has 0 fully saturated rings. The van der Waals surface area contributed by atoms with E-state index in [0.717, 1.165) is 19.3 Å². The maximum absolute atomic E-state index is 10.9. The van der Waals surface area contributed by atoms with E-state index in [-0.39, 0.29) is 0 Å². The van der Waals surface area contributed by atoms with E-state index in [4.69, 9.17) is 9.66 Å². The van der Waals surface area contributed by atoms with E-state index in [0.29, 0.717) is 6.42 Å². The number of hydrogen-bond acceptors (Lipinski definition) is 3. The van der Waals surface area contributed by atoms with Gasteiger partial charge in [0.25, 0.3) is 10.1 Å². The number of unbranched alkanes of at least 4 members (excludes halogenated alkanes) is 15. The van der Waals surface area contributed by atoms with Gasteiger partial charge in [-0.1, -0.05) is 110 Å². The van der Waals surface area contributed by atoms with Gasteiger partial charge in [0, 0.05) is 0 Å². The molecule has 1 atom stereocenters. The van der Waals surface area contributed by atoms with Crippen LogP contribution in [0.25, 0.3) is 0 Å². The summed E-state index contributed by atoms with van der Waals surface area (Å²) in [6.45, 7) is 1.77. The molecule has 0 aromatic rings. The Morgan fingerprint density at radius 1 is 0.640 bits per heavy atom. The van der Waals surface area contributed by atoms with E-state index in [2.05, 4.69) is 6.92 Å². The van der Waals surface area contributed by atoms with Crippen LogP contribution in [0.3, 0.4) is 0 Å². The van der Waals surface area contributed by atoms with E-state index in [9.17, 15) is 8.42 Å². The molecule has 0 aromatic heterocycles. The molecular formula is C20H42O4S. The summed E-state index contributed by atoms with van der Waals surface area (Å²) in [5, 5.41) is 7.95. The molecule has 1 unspecified atom stereocenters. The molecule has 0 saturated heterocycles. The Morgan fingerprint density at radius 3 is 1.24 bits per heavy atom. The zero-order chi connectivity index (χ0) is 18.8. The third-order valence-electron chi connectivity index (χ3n) is 5.00. The summed E-state index contributed by atoms with van der Waals surface area (Å²) in [5.41, 5.74) is 0. The van der Waals surface area contributed by atoms with Gasteiger partial charge >= 0.3 is 0 Å². The maximum Gasteiger partial charge on any atom is 0.270 e. The monoisotopic (exact) mass is 378 g/mol. The molecular weight excluding hydrogens is 336 g/mol. The van der Waals surface area contributed by atoms with E-state index >= 15 is 0 Å². The number of hydrogen-bond donors (Lipinski definition) is 2. The van der Waals surface area contributed by atoms with Crippen LogP contribution in [0.4, 0.5) is 0 Å². The largest absolute Gasteiger partial charge is 0.395 e. The molecule has 0 radical (unpaired) electrons. The van der Waals surface area contributed by atoms with Crippen molar-refractivity contribution < 1.29 is 18.1 Å². The highest BCUT2D eigenvalue weighted by Crippen LogP contribution is 2.15. The first-order chi connectivity index (χ1) is 12.0. The molecule has 0 aliphatic rings. The number of rotatable bonds is 19. The fraction of sp³-hybridized carbons (Fsp3) is 1.00. The fourth-order valence-corrected chi connectivity index (χ4v) is 3.91. The molecule has 0 heterocycles. The van der Waals surface area contributed by atoms with E-state index < -0.39 is 22.0 Å². The summed E-state index contributed by atoms with van der Waals surface area (Å²) in [7, 11) is -4.09. The summed E-state index contributed by atoms with van der Waals surface area (Å²) in [4.78, 5) is 0. The zero-order valence-corrected chi connectivity index (χ0v) is 17.2. The van der Waals surface area contributed by atoms with Gasteiger partial charge in [-0.3, -0.25) is 4.55 Å². The van der Waals surface area contributed by atoms with Crippen molar-refractivity contribution in [3.63, 3.8) is 0 Å². The minimum atomic E-state index is -4.09. The van der Waals surface area contributed by atoms with Crippen molar-refractivity contribution in [1.82, 2.24) is 0 Å². The Labute approximate surface area is 156 Å². The minimum absolute atomic E-state index is 0.355.